The second-order valence-corrected chi connectivity index (χ2v) is 10.7. The number of aryl methyl sites for hydroxylation is 2. The van der Waals surface area contributed by atoms with Gasteiger partial charge in [0.25, 0.3) is 0 Å². The van der Waals surface area contributed by atoms with Crippen molar-refractivity contribution in [2.75, 3.05) is 0 Å². The van der Waals surface area contributed by atoms with E-state index < -0.39 is 0 Å². The van der Waals surface area contributed by atoms with Crippen molar-refractivity contribution in [3.63, 3.8) is 0 Å². The van der Waals surface area contributed by atoms with Crippen molar-refractivity contribution < 1.29 is 49.0 Å². The van der Waals surface area contributed by atoms with E-state index in [9.17, 15) is 0 Å². The number of rotatable bonds is 2. The quantitative estimate of drug-likeness (QED) is 0.269. The van der Waals surface area contributed by atoms with Gasteiger partial charge in [0, 0.05) is 0 Å². The van der Waals surface area contributed by atoms with Gasteiger partial charge in [-0.25, -0.2) is 11.6 Å². The molecule has 0 saturated heterocycles. The molecule has 0 saturated carbocycles. The molecule has 0 aromatic heterocycles. The largest absolute Gasteiger partial charge is 1.00 e. The van der Waals surface area contributed by atoms with Crippen molar-refractivity contribution >= 4 is 24.8 Å². The van der Waals surface area contributed by atoms with E-state index in [1.54, 1.807) is 0 Å². The monoisotopic (exact) mass is 612 g/mol. The Kier molecular flexibility index (Phi) is 12.7. The molecular formula is C35H32Cl2Zr-2. The first kappa shape index (κ1) is 31.8. The van der Waals surface area contributed by atoms with Crippen LogP contribution in [0.25, 0.3) is 21.5 Å². The number of fused-ring (bicyclic) bond motifs is 3. The molecule has 5 aromatic carbocycles. The Balaban J connectivity index is 0.000000208. The predicted molar refractivity (Wildman–Crippen MR) is 153 cm³/mol. The molecule has 0 bridgehead atoms. The van der Waals surface area contributed by atoms with Gasteiger partial charge < -0.3 is 24.8 Å². The van der Waals surface area contributed by atoms with Gasteiger partial charge in [0.15, 0.2) is 0 Å². The van der Waals surface area contributed by atoms with Crippen molar-refractivity contribution in [1.82, 2.24) is 0 Å². The van der Waals surface area contributed by atoms with Crippen LogP contribution in [0, 0.1) is 25.8 Å². The molecule has 5 aromatic rings. The van der Waals surface area contributed by atoms with Crippen molar-refractivity contribution in [1.29, 1.82) is 0 Å². The molecule has 0 heterocycles. The van der Waals surface area contributed by atoms with Crippen LogP contribution in [0.2, 0.25) is 0 Å². The first-order valence-corrected chi connectivity index (χ1v) is 13.7. The van der Waals surface area contributed by atoms with Crippen LogP contribution >= 0.6 is 0 Å². The molecule has 0 spiro atoms. The number of allylic oxidation sites excluding steroid dienone is 4. The number of benzene rings is 4. The minimum absolute atomic E-state index is 0. The molecule has 0 radical (unpaired) electrons. The zero-order valence-corrected chi connectivity index (χ0v) is 26.3. The molecule has 0 fully saturated rings. The van der Waals surface area contributed by atoms with Crippen LogP contribution in [0.1, 0.15) is 36.1 Å². The molecule has 0 amide bonds. The number of hydrogen-bond acceptors (Lipinski definition) is 0. The Bertz CT molecular complexity index is 1420. The second kappa shape index (κ2) is 15.2. The van der Waals surface area contributed by atoms with Gasteiger partial charge in [-0.15, -0.1) is 46.7 Å². The third-order valence-corrected chi connectivity index (χ3v) is 7.71. The molecule has 3 heteroatoms. The van der Waals surface area contributed by atoms with Gasteiger partial charge in [-0.2, -0.15) is 6.08 Å². The molecule has 1 aliphatic rings. The van der Waals surface area contributed by atoms with E-state index in [1.807, 2.05) is 6.08 Å². The molecule has 0 N–H and O–H groups in total. The Morgan fingerprint density at radius 1 is 0.658 bits per heavy atom. The van der Waals surface area contributed by atoms with Crippen molar-refractivity contribution in [3.05, 3.63) is 149 Å². The van der Waals surface area contributed by atoms with E-state index in [1.165, 1.54) is 76.8 Å². The van der Waals surface area contributed by atoms with E-state index in [4.69, 9.17) is 0 Å². The molecule has 0 nitrogen and oxygen atoms in total. The van der Waals surface area contributed by atoms with Gasteiger partial charge >= 0.3 is 112 Å². The summed E-state index contributed by atoms with van der Waals surface area (Å²) in [5.41, 5.74) is 6.65. The van der Waals surface area contributed by atoms with Gasteiger partial charge in [0.05, 0.1) is 0 Å². The molecule has 1 aliphatic carbocycles. The molecule has 1 atom stereocenters. The maximum absolute atomic E-state index is 3.15. The summed E-state index contributed by atoms with van der Waals surface area (Å²) in [6.07, 6.45) is 7.38. The van der Waals surface area contributed by atoms with Gasteiger partial charge in [-0.3, -0.25) is 6.08 Å². The van der Waals surface area contributed by atoms with Gasteiger partial charge in [0.1, 0.15) is 0 Å². The fourth-order valence-electron chi connectivity index (χ4n) is 4.26. The van der Waals surface area contributed by atoms with Crippen molar-refractivity contribution in [2.24, 2.45) is 5.92 Å². The van der Waals surface area contributed by atoms with Gasteiger partial charge in [-0.05, 0) is 0 Å². The molecular weight excluding hydrogens is 583 g/mol. The minimum Gasteiger partial charge on any atom is -1.00 e. The Labute approximate surface area is 255 Å². The molecule has 0 aliphatic heterocycles. The summed E-state index contributed by atoms with van der Waals surface area (Å²) < 4.78 is 1.42. The smallest absolute Gasteiger partial charge is 0.0771 e. The van der Waals surface area contributed by atoms with E-state index in [0.717, 1.165) is 0 Å². The van der Waals surface area contributed by atoms with E-state index in [-0.39, 0.29) is 24.8 Å². The van der Waals surface area contributed by atoms with Crippen LogP contribution in [0.5, 0.6) is 0 Å². The maximum atomic E-state index is 3.15. The van der Waals surface area contributed by atoms with Gasteiger partial charge in [-0.1, -0.05) is 49.2 Å². The topological polar surface area (TPSA) is 0 Å². The SMILES string of the molecule is CC1=CC(C)[C-]=C1.Cc1ccc([C](=[Zr+2])c2ccc(C)cc2)cc1.[Cl-].[Cl-].c1ccc2c(c1)[cH-]c1ccccc12. The van der Waals surface area contributed by atoms with E-state index in [2.05, 4.69) is 143 Å². The number of hydrogen-bond donors (Lipinski definition) is 0. The normalized spacial score (nSPS) is 13.3. The summed E-state index contributed by atoms with van der Waals surface area (Å²) in [6.45, 7) is 8.47. The van der Waals surface area contributed by atoms with Crippen LogP contribution in [0.3, 0.4) is 0 Å². The summed E-state index contributed by atoms with van der Waals surface area (Å²) in [6, 6.07) is 36.8. The van der Waals surface area contributed by atoms with Crippen LogP contribution in [0.15, 0.2) is 121 Å². The first-order chi connectivity index (χ1) is 17.4. The van der Waals surface area contributed by atoms with Gasteiger partial charge in [0.2, 0.25) is 0 Å². The third kappa shape index (κ3) is 8.54. The molecule has 192 valence electrons. The molecule has 6 rings (SSSR count). The average Bonchev–Trinajstić information content (AvgIpc) is 3.47. The fraction of sp³-hybridized carbons (Fsp3) is 0.143. The van der Waals surface area contributed by atoms with Crippen molar-refractivity contribution in [2.45, 2.75) is 27.7 Å². The number of halogens is 2. The average molecular weight is 615 g/mol. The standard InChI is InChI=1S/C15H14.C13H9.C7H9.2ClH.Zr/c1-12-3-7-14(8-4-12)11-15-9-5-13(2)6-10-15;1-3-7-12-10(5-1)9-11-6-2-4-8-13(11)12;1-6-3-4-7(2)5-6;;;/h3-10H,1-2H3;1-9H;3,5,7H,1-2H3;2*1H;/q;2*-1;;;+2/p-2. The van der Waals surface area contributed by atoms with E-state index >= 15 is 0 Å². The van der Waals surface area contributed by atoms with Crippen molar-refractivity contribution in [3.8, 4) is 0 Å². The fourth-order valence-corrected chi connectivity index (χ4v) is 5.08. The summed E-state index contributed by atoms with van der Waals surface area (Å²) in [5, 5.41) is 5.39. The zero-order valence-electron chi connectivity index (χ0n) is 22.3. The van der Waals surface area contributed by atoms with E-state index in [0.29, 0.717) is 5.92 Å². The summed E-state index contributed by atoms with van der Waals surface area (Å²) >= 11 is 1.46. The second-order valence-electron chi connectivity index (χ2n) is 9.44. The minimum atomic E-state index is 0. The summed E-state index contributed by atoms with van der Waals surface area (Å²) in [4.78, 5) is 0. The maximum Gasteiger partial charge on any atom is -0.0771 e. The first-order valence-electron chi connectivity index (χ1n) is 12.4. The predicted octanol–water partition coefficient (Wildman–Crippen LogP) is 3.08. The Morgan fingerprint density at radius 3 is 1.42 bits per heavy atom. The summed E-state index contributed by atoms with van der Waals surface area (Å²) in [7, 11) is 0. The molecule has 1 unspecified atom stereocenters. The Hall–Kier alpha value is -2.44. The van der Waals surface area contributed by atoms with Crippen LogP contribution in [-0.2, 0) is 24.2 Å². The zero-order chi connectivity index (χ0) is 25.5. The Morgan fingerprint density at radius 2 is 1.08 bits per heavy atom. The summed E-state index contributed by atoms with van der Waals surface area (Å²) in [5.74, 6) is 0.556. The molecule has 38 heavy (non-hydrogen) atoms. The van der Waals surface area contributed by atoms with Crippen LogP contribution in [-0.4, -0.2) is 3.21 Å². The van der Waals surface area contributed by atoms with Crippen LogP contribution in [0.4, 0.5) is 0 Å². The van der Waals surface area contributed by atoms with Crippen LogP contribution < -0.4 is 24.8 Å². The third-order valence-electron chi connectivity index (χ3n) is 6.29.